The highest BCUT2D eigenvalue weighted by atomic mass is 16.5. The van der Waals surface area contributed by atoms with Gasteiger partial charge in [0.1, 0.15) is 18.2 Å². The maximum Gasteiger partial charge on any atom is 0.256 e. The zero-order valence-electron chi connectivity index (χ0n) is 15.6. The fourth-order valence-electron chi connectivity index (χ4n) is 2.40. The number of nitrogens with one attached hydrogen (secondary N) is 1. The normalized spacial score (nSPS) is 10.8. The molecule has 0 atom stereocenters. The van der Waals surface area contributed by atoms with Crippen molar-refractivity contribution in [2.45, 2.75) is 0 Å². The Morgan fingerprint density at radius 3 is 2.48 bits per heavy atom. The van der Waals surface area contributed by atoms with Crippen LogP contribution in [-0.2, 0) is 0 Å². The Kier molecular flexibility index (Phi) is 5.83. The molecule has 0 bridgehead atoms. The third kappa shape index (κ3) is 4.92. The van der Waals surface area contributed by atoms with Gasteiger partial charge in [-0.15, -0.1) is 0 Å². The molecule has 0 aliphatic heterocycles. The van der Waals surface area contributed by atoms with Crippen LogP contribution in [-0.4, -0.2) is 55.1 Å². The minimum absolute atomic E-state index is 0.247. The van der Waals surface area contributed by atoms with Gasteiger partial charge in [-0.2, -0.15) is 4.98 Å². The van der Waals surface area contributed by atoms with Crippen molar-refractivity contribution in [3.05, 3.63) is 54.1 Å². The van der Waals surface area contributed by atoms with Gasteiger partial charge in [-0.25, -0.2) is 4.98 Å². The molecule has 0 spiro atoms. The van der Waals surface area contributed by atoms with Gasteiger partial charge in [0.2, 0.25) is 5.88 Å². The summed E-state index contributed by atoms with van der Waals surface area (Å²) < 4.78 is 10.7. The second-order valence-electron chi connectivity index (χ2n) is 6.23. The highest BCUT2D eigenvalue weighted by Gasteiger charge is 2.09. The molecular formula is C20H22N4O3. The third-order valence-electron chi connectivity index (χ3n) is 3.91. The lowest BCUT2D eigenvalue weighted by Gasteiger charge is -2.11. The van der Waals surface area contributed by atoms with Crippen molar-refractivity contribution in [3.63, 3.8) is 0 Å². The maximum atomic E-state index is 12.4. The minimum Gasteiger partial charge on any atom is -0.497 e. The molecule has 0 fully saturated rings. The quantitative estimate of drug-likeness (QED) is 0.693. The zero-order valence-corrected chi connectivity index (χ0v) is 15.6. The molecular weight excluding hydrogens is 344 g/mol. The monoisotopic (exact) mass is 366 g/mol. The van der Waals surface area contributed by atoms with E-state index in [4.69, 9.17) is 9.47 Å². The molecule has 0 saturated carbocycles. The summed E-state index contributed by atoms with van der Waals surface area (Å²) in [6.07, 6.45) is 0. The molecule has 0 aliphatic rings. The number of likely N-dealkylation sites (N-methyl/N-ethyl adjacent to an activating group) is 1. The van der Waals surface area contributed by atoms with Crippen molar-refractivity contribution in [3.8, 4) is 11.6 Å². The summed E-state index contributed by atoms with van der Waals surface area (Å²) in [5.74, 6) is 1.39. The predicted octanol–water partition coefficient (Wildman–Crippen LogP) is 2.83. The fraction of sp³-hybridized carbons (Fsp3) is 0.250. The Labute approximate surface area is 157 Å². The average molecular weight is 366 g/mol. The average Bonchev–Trinajstić information content (AvgIpc) is 2.67. The summed E-state index contributed by atoms with van der Waals surface area (Å²) in [6.45, 7) is 1.34. The van der Waals surface area contributed by atoms with Gasteiger partial charge in [-0.05, 0) is 56.6 Å². The molecule has 1 aromatic carbocycles. The summed E-state index contributed by atoms with van der Waals surface area (Å²) >= 11 is 0. The lowest BCUT2D eigenvalue weighted by atomic mass is 10.2. The van der Waals surface area contributed by atoms with E-state index >= 15 is 0 Å². The minimum atomic E-state index is -0.247. The van der Waals surface area contributed by atoms with Crippen LogP contribution in [0.4, 0.5) is 5.82 Å². The summed E-state index contributed by atoms with van der Waals surface area (Å²) in [7, 11) is 5.55. The number of hydrogen-bond acceptors (Lipinski definition) is 6. The van der Waals surface area contributed by atoms with Gasteiger partial charge < -0.3 is 19.7 Å². The second kappa shape index (κ2) is 8.46. The van der Waals surface area contributed by atoms with Crippen molar-refractivity contribution in [1.82, 2.24) is 14.9 Å². The molecule has 1 N–H and O–H groups in total. The van der Waals surface area contributed by atoms with E-state index in [1.807, 2.05) is 37.2 Å². The van der Waals surface area contributed by atoms with Crippen molar-refractivity contribution >= 4 is 22.8 Å². The molecule has 140 valence electrons. The molecule has 0 aliphatic carbocycles. The maximum absolute atomic E-state index is 12.4. The third-order valence-corrected chi connectivity index (χ3v) is 3.91. The number of ether oxygens (including phenoxy) is 2. The Bertz CT molecular complexity index is 926. The first-order valence-electron chi connectivity index (χ1n) is 8.56. The molecule has 7 heteroatoms. The van der Waals surface area contributed by atoms with E-state index in [0.29, 0.717) is 35.3 Å². The first-order valence-corrected chi connectivity index (χ1v) is 8.56. The van der Waals surface area contributed by atoms with E-state index < -0.39 is 0 Å². The Balaban J connectivity index is 1.73. The van der Waals surface area contributed by atoms with E-state index in [1.165, 1.54) is 0 Å². The predicted molar refractivity (Wildman–Crippen MR) is 105 cm³/mol. The smallest absolute Gasteiger partial charge is 0.256 e. The van der Waals surface area contributed by atoms with Gasteiger partial charge >= 0.3 is 0 Å². The van der Waals surface area contributed by atoms with E-state index in [-0.39, 0.29) is 5.91 Å². The molecule has 3 rings (SSSR count). The van der Waals surface area contributed by atoms with Gasteiger partial charge in [0, 0.05) is 23.6 Å². The van der Waals surface area contributed by atoms with Gasteiger partial charge in [0.05, 0.1) is 7.11 Å². The SMILES string of the molecule is COc1ccc(C(=O)Nc2ccc3ccc(OCCN(C)C)nc3n2)cc1. The first kappa shape index (κ1) is 18.6. The molecule has 0 unspecified atom stereocenters. The van der Waals surface area contributed by atoms with Crippen molar-refractivity contribution < 1.29 is 14.3 Å². The number of anilines is 1. The van der Waals surface area contributed by atoms with Crippen LogP contribution in [0.3, 0.4) is 0 Å². The first-order chi connectivity index (χ1) is 13.0. The van der Waals surface area contributed by atoms with E-state index in [9.17, 15) is 4.79 Å². The molecule has 3 aromatic rings. The fourth-order valence-corrected chi connectivity index (χ4v) is 2.40. The number of pyridine rings is 2. The second-order valence-corrected chi connectivity index (χ2v) is 6.23. The summed E-state index contributed by atoms with van der Waals surface area (Å²) in [5.41, 5.74) is 1.04. The van der Waals surface area contributed by atoms with Crippen LogP contribution in [0.2, 0.25) is 0 Å². The highest BCUT2D eigenvalue weighted by Crippen LogP contribution is 2.18. The van der Waals surface area contributed by atoms with E-state index in [1.54, 1.807) is 37.4 Å². The molecule has 2 heterocycles. The van der Waals surface area contributed by atoms with E-state index in [2.05, 4.69) is 15.3 Å². The van der Waals surface area contributed by atoms with Crippen LogP contribution in [0.5, 0.6) is 11.6 Å². The standard InChI is InChI=1S/C20H22N4O3/c1-24(2)12-13-27-18-11-7-14-6-10-17(21-19(14)23-18)22-20(25)15-4-8-16(26-3)9-5-15/h4-11H,12-13H2,1-3H3,(H,21,22,23,25). The number of benzene rings is 1. The number of hydrogen-bond donors (Lipinski definition) is 1. The molecule has 2 aromatic heterocycles. The van der Waals surface area contributed by atoms with Crippen molar-refractivity contribution in [1.29, 1.82) is 0 Å². The lowest BCUT2D eigenvalue weighted by Crippen LogP contribution is -2.19. The van der Waals surface area contributed by atoms with Crippen LogP contribution in [0.15, 0.2) is 48.5 Å². The highest BCUT2D eigenvalue weighted by molar-refractivity contribution is 6.04. The summed E-state index contributed by atoms with van der Waals surface area (Å²) in [4.78, 5) is 23.2. The summed E-state index contributed by atoms with van der Waals surface area (Å²) in [5, 5.41) is 3.66. The topological polar surface area (TPSA) is 76.6 Å². The van der Waals surface area contributed by atoms with Gasteiger partial charge in [0.15, 0.2) is 5.65 Å². The van der Waals surface area contributed by atoms with Crippen LogP contribution in [0, 0.1) is 0 Å². The number of carbonyl (C=O) groups excluding carboxylic acids is 1. The number of methoxy groups -OCH3 is 1. The summed E-state index contributed by atoms with van der Waals surface area (Å²) in [6, 6.07) is 14.2. The molecule has 0 saturated heterocycles. The van der Waals surface area contributed by atoms with Crippen molar-refractivity contribution in [2.24, 2.45) is 0 Å². The van der Waals surface area contributed by atoms with Gasteiger partial charge in [0.25, 0.3) is 5.91 Å². The van der Waals surface area contributed by atoms with Gasteiger partial charge in [-0.3, -0.25) is 4.79 Å². The largest absolute Gasteiger partial charge is 0.497 e. The Morgan fingerprint density at radius 1 is 1.04 bits per heavy atom. The lowest BCUT2D eigenvalue weighted by molar-refractivity contribution is 0.102. The number of fused-ring (bicyclic) bond motifs is 1. The van der Waals surface area contributed by atoms with Crippen molar-refractivity contribution in [2.75, 3.05) is 39.7 Å². The Morgan fingerprint density at radius 2 is 1.78 bits per heavy atom. The molecule has 1 amide bonds. The number of amides is 1. The molecule has 7 nitrogen and oxygen atoms in total. The van der Waals surface area contributed by atoms with Crippen LogP contribution in [0.25, 0.3) is 11.0 Å². The number of aromatic nitrogens is 2. The number of rotatable bonds is 7. The van der Waals surface area contributed by atoms with Crippen LogP contribution >= 0.6 is 0 Å². The van der Waals surface area contributed by atoms with Crippen LogP contribution < -0.4 is 14.8 Å². The zero-order chi connectivity index (χ0) is 19.2. The van der Waals surface area contributed by atoms with Crippen LogP contribution in [0.1, 0.15) is 10.4 Å². The number of nitrogens with zero attached hydrogens (tertiary/aromatic N) is 3. The Hall–Kier alpha value is -3.19. The molecule has 0 radical (unpaired) electrons. The molecule has 27 heavy (non-hydrogen) atoms. The number of carbonyl (C=O) groups is 1. The van der Waals surface area contributed by atoms with E-state index in [0.717, 1.165) is 11.9 Å². The van der Waals surface area contributed by atoms with Gasteiger partial charge in [-0.1, -0.05) is 0 Å².